The van der Waals surface area contributed by atoms with Crippen molar-refractivity contribution in [2.75, 3.05) is 0 Å². The van der Waals surface area contributed by atoms with E-state index in [0.29, 0.717) is 0 Å². The second-order valence-electron chi connectivity index (χ2n) is 5.62. The molecule has 0 spiro atoms. The number of nitrogens with zero attached hydrogens (tertiary/aromatic N) is 1. The maximum absolute atomic E-state index is 4.75. The van der Waals surface area contributed by atoms with E-state index in [1.807, 2.05) is 0 Å². The summed E-state index contributed by atoms with van der Waals surface area (Å²) in [6, 6.07) is 8.32. The molecule has 0 aliphatic heterocycles. The molecule has 2 nitrogen and oxygen atoms in total. The lowest BCUT2D eigenvalue weighted by atomic mass is 10.1. The van der Waals surface area contributed by atoms with Gasteiger partial charge < -0.3 is 5.32 Å². The van der Waals surface area contributed by atoms with Gasteiger partial charge in [0.1, 0.15) is 5.01 Å². The molecule has 0 saturated heterocycles. The minimum absolute atomic E-state index is 0.122. The van der Waals surface area contributed by atoms with Crippen LogP contribution in [0.4, 0.5) is 0 Å². The van der Waals surface area contributed by atoms with Gasteiger partial charge >= 0.3 is 0 Å². The molecule has 19 heavy (non-hydrogen) atoms. The average Bonchev–Trinajstić information content (AvgIpc) is 2.68. The summed E-state index contributed by atoms with van der Waals surface area (Å²) in [6.45, 7) is 9.47. The smallest absolute Gasteiger partial charge is 0.107 e. The van der Waals surface area contributed by atoms with Gasteiger partial charge in [0.05, 0.1) is 5.69 Å². The zero-order valence-corrected chi connectivity index (χ0v) is 14.2. The van der Waals surface area contributed by atoms with E-state index in [1.165, 1.54) is 10.4 Å². The molecule has 0 aliphatic rings. The highest BCUT2D eigenvalue weighted by Gasteiger charge is 2.13. The second kappa shape index (κ2) is 5.73. The Bertz CT molecular complexity index is 553. The van der Waals surface area contributed by atoms with Gasteiger partial charge in [0, 0.05) is 27.0 Å². The molecule has 1 N–H and O–H groups in total. The molecule has 0 bridgehead atoms. The Kier molecular flexibility index (Phi) is 4.43. The number of aryl methyl sites for hydroxylation is 1. The van der Waals surface area contributed by atoms with Crippen LogP contribution < -0.4 is 5.32 Å². The largest absolute Gasteiger partial charge is 0.306 e. The third-order valence-corrected chi connectivity index (χ3v) is 4.23. The van der Waals surface area contributed by atoms with E-state index in [4.69, 9.17) is 4.98 Å². The second-order valence-corrected chi connectivity index (χ2v) is 7.83. The van der Waals surface area contributed by atoms with Crippen LogP contribution in [0.2, 0.25) is 0 Å². The Morgan fingerprint density at radius 2 is 1.84 bits per heavy atom. The van der Waals surface area contributed by atoms with Crippen LogP contribution in [0.3, 0.4) is 0 Å². The number of benzene rings is 1. The molecule has 0 radical (unpaired) electrons. The van der Waals surface area contributed by atoms with Crippen LogP contribution in [0.15, 0.2) is 28.7 Å². The van der Waals surface area contributed by atoms with Crippen molar-refractivity contribution < 1.29 is 0 Å². The van der Waals surface area contributed by atoms with Gasteiger partial charge in [-0.3, -0.25) is 0 Å². The first kappa shape index (κ1) is 14.7. The fraction of sp³-hybridized carbons (Fsp3) is 0.400. The first-order valence-electron chi connectivity index (χ1n) is 6.32. The predicted octanol–water partition coefficient (Wildman–Crippen LogP) is 4.77. The predicted molar refractivity (Wildman–Crippen MR) is 86.6 cm³/mol. The molecule has 1 aromatic carbocycles. The van der Waals surface area contributed by atoms with Gasteiger partial charge in [-0.2, -0.15) is 0 Å². The standard InChI is InChI=1S/C15H19BrN2S/c1-10-14(11-5-7-12(16)8-6-11)18-13(19-10)9-17-15(2,3)4/h5-8,17H,9H2,1-4H3. The number of aromatic nitrogens is 1. The molecule has 2 aromatic rings. The minimum Gasteiger partial charge on any atom is -0.306 e. The quantitative estimate of drug-likeness (QED) is 0.871. The van der Waals surface area contributed by atoms with Crippen LogP contribution in [-0.4, -0.2) is 10.5 Å². The number of nitrogens with one attached hydrogen (secondary N) is 1. The van der Waals surface area contributed by atoms with Crippen LogP contribution in [0, 0.1) is 6.92 Å². The van der Waals surface area contributed by atoms with Gasteiger partial charge in [-0.25, -0.2) is 4.98 Å². The van der Waals surface area contributed by atoms with Gasteiger partial charge in [-0.05, 0) is 39.8 Å². The fourth-order valence-electron chi connectivity index (χ4n) is 1.74. The monoisotopic (exact) mass is 338 g/mol. The van der Waals surface area contributed by atoms with Gasteiger partial charge in [-0.1, -0.05) is 28.1 Å². The van der Waals surface area contributed by atoms with Crippen LogP contribution in [-0.2, 0) is 6.54 Å². The van der Waals surface area contributed by atoms with Crippen molar-refractivity contribution in [3.05, 3.63) is 38.6 Å². The van der Waals surface area contributed by atoms with Crippen molar-refractivity contribution in [2.24, 2.45) is 0 Å². The highest BCUT2D eigenvalue weighted by Crippen LogP contribution is 2.28. The van der Waals surface area contributed by atoms with Crippen molar-refractivity contribution in [1.29, 1.82) is 0 Å². The molecule has 1 heterocycles. The van der Waals surface area contributed by atoms with E-state index in [-0.39, 0.29) is 5.54 Å². The van der Waals surface area contributed by atoms with Gasteiger partial charge in [0.2, 0.25) is 0 Å². The Balaban J connectivity index is 2.19. The first-order chi connectivity index (χ1) is 8.85. The van der Waals surface area contributed by atoms with E-state index in [9.17, 15) is 0 Å². The zero-order valence-electron chi connectivity index (χ0n) is 11.7. The van der Waals surface area contributed by atoms with E-state index in [2.05, 4.69) is 73.2 Å². The number of hydrogen-bond acceptors (Lipinski definition) is 3. The molecule has 0 atom stereocenters. The van der Waals surface area contributed by atoms with Crippen LogP contribution in [0.1, 0.15) is 30.7 Å². The number of rotatable bonds is 3. The van der Waals surface area contributed by atoms with E-state index in [1.54, 1.807) is 11.3 Å². The van der Waals surface area contributed by atoms with E-state index < -0.39 is 0 Å². The van der Waals surface area contributed by atoms with E-state index in [0.717, 1.165) is 21.7 Å². The molecule has 0 fully saturated rings. The lowest BCUT2D eigenvalue weighted by Gasteiger charge is -2.19. The van der Waals surface area contributed by atoms with Crippen molar-refractivity contribution in [1.82, 2.24) is 10.3 Å². The molecular formula is C15H19BrN2S. The molecule has 102 valence electrons. The third kappa shape index (κ3) is 4.13. The SMILES string of the molecule is Cc1sc(CNC(C)(C)C)nc1-c1ccc(Br)cc1. The summed E-state index contributed by atoms with van der Waals surface area (Å²) in [5.74, 6) is 0. The molecule has 2 rings (SSSR count). The summed E-state index contributed by atoms with van der Waals surface area (Å²) in [5.41, 5.74) is 2.40. The number of hydrogen-bond donors (Lipinski definition) is 1. The average molecular weight is 339 g/mol. The summed E-state index contributed by atoms with van der Waals surface area (Å²) in [6.07, 6.45) is 0. The first-order valence-corrected chi connectivity index (χ1v) is 7.93. The molecule has 0 aliphatic carbocycles. The van der Waals surface area contributed by atoms with Gasteiger partial charge in [0.15, 0.2) is 0 Å². The Morgan fingerprint density at radius 3 is 2.42 bits per heavy atom. The summed E-state index contributed by atoms with van der Waals surface area (Å²) >= 11 is 5.23. The fourth-order valence-corrected chi connectivity index (χ4v) is 2.90. The third-order valence-electron chi connectivity index (χ3n) is 2.73. The molecular weight excluding hydrogens is 320 g/mol. The van der Waals surface area contributed by atoms with Crippen LogP contribution >= 0.6 is 27.3 Å². The molecule has 1 aromatic heterocycles. The zero-order chi connectivity index (χ0) is 14.0. The van der Waals surface area contributed by atoms with Crippen molar-refractivity contribution in [3.8, 4) is 11.3 Å². The van der Waals surface area contributed by atoms with Crippen LogP contribution in [0.25, 0.3) is 11.3 Å². The van der Waals surface area contributed by atoms with Gasteiger partial charge in [0.25, 0.3) is 0 Å². The topological polar surface area (TPSA) is 24.9 Å². The maximum atomic E-state index is 4.75. The van der Waals surface area contributed by atoms with E-state index >= 15 is 0 Å². The van der Waals surface area contributed by atoms with Gasteiger partial charge in [-0.15, -0.1) is 11.3 Å². The number of thiazole rings is 1. The van der Waals surface area contributed by atoms with Crippen LogP contribution in [0.5, 0.6) is 0 Å². The Labute approximate surface area is 127 Å². The Morgan fingerprint density at radius 1 is 1.21 bits per heavy atom. The molecule has 4 heteroatoms. The highest BCUT2D eigenvalue weighted by atomic mass is 79.9. The maximum Gasteiger partial charge on any atom is 0.107 e. The number of halogens is 1. The minimum atomic E-state index is 0.122. The summed E-state index contributed by atoms with van der Waals surface area (Å²) < 4.78 is 1.10. The normalized spacial score (nSPS) is 11.8. The lowest BCUT2D eigenvalue weighted by molar-refractivity contribution is 0.424. The summed E-state index contributed by atoms with van der Waals surface area (Å²) in [7, 11) is 0. The summed E-state index contributed by atoms with van der Waals surface area (Å²) in [4.78, 5) is 6.02. The summed E-state index contributed by atoms with van der Waals surface area (Å²) in [5, 5.41) is 4.62. The molecule has 0 unspecified atom stereocenters. The highest BCUT2D eigenvalue weighted by molar-refractivity contribution is 9.10. The van der Waals surface area contributed by atoms with Crippen molar-refractivity contribution >= 4 is 27.3 Å². The Hall–Kier alpha value is -0.710. The van der Waals surface area contributed by atoms with Crippen molar-refractivity contribution in [3.63, 3.8) is 0 Å². The van der Waals surface area contributed by atoms with Crippen molar-refractivity contribution in [2.45, 2.75) is 39.8 Å². The lowest BCUT2D eigenvalue weighted by Crippen LogP contribution is -2.34. The molecule has 0 saturated carbocycles. The molecule has 0 amide bonds.